The minimum atomic E-state index is -1.22. The van der Waals surface area contributed by atoms with Crippen molar-refractivity contribution in [1.29, 1.82) is 0 Å². The van der Waals surface area contributed by atoms with E-state index >= 15 is 0 Å². The maximum absolute atomic E-state index is 11.6. The number of ether oxygens (including phenoxy) is 3. The molecule has 9 nitrogen and oxygen atoms in total. The molecule has 2 atom stereocenters. The van der Waals surface area contributed by atoms with Gasteiger partial charge in [0.2, 0.25) is 0 Å². The van der Waals surface area contributed by atoms with E-state index in [0.717, 1.165) is 0 Å². The van der Waals surface area contributed by atoms with Gasteiger partial charge in [0.15, 0.2) is 0 Å². The number of carbonyl (C=O) groups excluding carboxylic acids is 2. The van der Waals surface area contributed by atoms with Gasteiger partial charge < -0.3 is 30.0 Å². The number of rotatable bonds is 7. The fourth-order valence-corrected chi connectivity index (χ4v) is 1.69. The van der Waals surface area contributed by atoms with E-state index in [4.69, 9.17) is 14.6 Å². The molecule has 1 fully saturated rings. The number of hydrogen-bond donors (Lipinski definition) is 3. The zero-order valence-electron chi connectivity index (χ0n) is 11.8. The van der Waals surface area contributed by atoms with Gasteiger partial charge in [0.05, 0.1) is 33.0 Å². The first-order valence-corrected chi connectivity index (χ1v) is 6.56. The molecular formula is C12H20N2O7. The minimum Gasteiger partial charge on any atom is -0.480 e. The van der Waals surface area contributed by atoms with Gasteiger partial charge in [-0.15, -0.1) is 0 Å². The lowest BCUT2D eigenvalue weighted by molar-refractivity contribution is -0.142. The predicted molar refractivity (Wildman–Crippen MR) is 69.8 cm³/mol. The van der Waals surface area contributed by atoms with Crippen LogP contribution in [0.25, 0.3) is 0 Å². The lowest BCUT2D eigenvalue weighted by Gasteiger charge is -2.23. The first-order valence-electron chi connectivity index (χ1n) is 6.56. The van der Waals surface area contributed by atoms with E-state index in [9.17, 15) is 14.4 Å². The normalized spacial score (nSPS) is 19.4. The maximum atomic E-state index is 11.6. The second-order valence-corrected chi connectivity index (χ2v) is 4.43. The average molecular weight is 304 g/mol. The molecule has 3 N–H and O–H groups in total. The Balaban J connectivity index is 2.30. The number of nitrogens with one attached hydrogen (secondary N) is 2. The highest BCUT2D eigenvalue weighted by atomic mass is 16.6. The highest BCUT2D eigenvalue weighted by Gasteiger charge is 2.22. The van der Waals surface area contributed by atoms with Crippen LogP contribution in [0.1, 0.15) is 12.8 Å². The van der Waals surface area contributed by atoms with Crippen molar-refractivity contribution >= 4 is 18.0 Å². The summed E-state index contributed by atoms with van der Waals surface area (Å²) in [4.78, 5) is 33.6. The van der Waals surface area contributed by atoms with Crippen molar-refractivity contribution in [2.45, 2.75) is 25.0 Å². The molecular weight excluding hydrogens is 284 g/mol. The Morgan fingerprint density at radius 1 is 1.38 bits per heavy atom. The molecule has 1 heterocycles. The molecule has 21 heavy (non-hydrogen) atoms. The maximum Gasteiger partial charge on any atom is 0.326 e. The third kappa shape index (κ3) is 6.91. The van der Waals surface area contributed by atoms with E-state index < -0.39 is 24.0 Å². The van der Waals surface area contributed by atoms with Crippen LogP contribution >= 0.6 is 0 Å². The van der Waals surface area contributed by atoms with Gasteiger partial charge >= 0.3 is 18.0 Å². The van der Waals surface area contributed by atoms with Crippen LogP contribution in [0.3, 0.4) is 0 Å². The van der Waals surface area contributed by atoms with Crippen LogP contribution in [-0.4, -0.2) is 68.7 Å². The van der Waals surface area contributed by atoms with Crippen LogP contribution in [0.5, 0.6) is 0 Å². The van der Waals surface area contributed by atoms with Gasteiger partial charge in [0, 0.05) is 13.0 Å². The quantitative estimate of drug-likeness (QED) is 0.521. The Morgan fingerprint density at radius 3 is 2.71 bits per heavy atom. The van der Waals surface area contributed by atoms with E-state index in [-0.39, 0.29) is 25.5 Å². The molecule has 120 valence electrons. The molecule has 0 aromatic rings. The van der Waals surface area contributed by atoms with Crippen LogP contribution in [-0.2, 0) is 23.8 Å². The first-order chi connectivity index (χ1) is 10.0. The van der Waals surface area contributed by atoms with Crippen LogP contribution in [0.15, 0.2) is 0 Å². The van der Waals surface area contributed by atoms with Crippen molar-refractivity contribution in [2.75, 3.05) is 33.5 Å². The predicted octanol–water partition coefficient (Wildman–Crippen LogP) is -0.893. The summed E-state index contributed by atoms with van der Waals surface area (Å²) >= 11 is 0. The molecule has 1 saturated heterocycles. The monoisotopic (exact) mass is 304 g/mol. The SMILES string of the molecule is COC(=O)CC[C@H](NC(=O)NCC1COCCO1)C(=O)O. The summed E-state index contributed by atoms with van der Waals surface area (Å²) in [6, 6.07) is -1.80. The molecule has 0 aromatic heterocycles. The zero-order chi connectivity index (χ0) is 15.7. The van der Waals surface area contributed by atoms with E-state index in [2.05, 4.69) is 15.4 Å². The largest absolute Gasteiger partial charge is 0.480 e. The van der Waals surface area contributed by atoms with E-state index in [0.29, 0.717) is 19.8 Å². The average Bonchev–Trinajstić information content (AvgIpc) is 2.49. The van der Waals surface area contributed by atoms with Gasteiger partial charge in [0.1, 0.15) is 6.04 Å². The van der Waals surface area contributed by atoms with Gasteiger partial charge in [0.25, 0.3) is 0 Å². The summed E-state index contributed by atoms with van der Waals surface area (Å²) in [6.45, 7) is 1.59. The molecule has 0 radical (unpaired) electrons. The van der Waals surface area contributed by atoms with Crippen molar-refractivity contribution in [2.24, 2.45) is 0 Å². The van der Waals surface area contributed by atoms with Crippen LogP contribution in [0, 0.1) is 0 Å². The van der Waals surface area contributed by atoms with E-state index in [1.165, 1.54) is 7.11 Å². The third-order valence-corrected chi connectivity index (χ3v) is 2.84. The zero-order valence-corrected chi connectivity index (χ0v) is 11.8. The number of hydrogen-bond acceptors (Lipinski definition) is 6. The lowest BCUT2D eigenvalue weighted by Crippen LogP contribution is -2.49. The topological polar surface area (TPSA) is 123 Å². The standard InChI is InChI=1S/C12H20N2O7/c1-19-10(15)3-2-9(11(16)17)14-12(18)13-6-8-7-20-4-5-21-8/h8-9H,2-7H2,1H3,(H,16,17)(H2,13,14,18)/t8?,9-/m0/s1. The Bertz CT molecular complexity index is 369. The van der Waals surface area contributed by atoms with Crippen LogP contribution < -0.4 is 10.6 Å². The Labute approximate surface area is 121 Å². The third-order valence-electron chi connectivity index (χ3n) is 2.84. The van der Waals surface area contributed by atoms with Gasteiger partial charge in [-0.05, 0) is 6.42 Å². The van der Waals surface area contributed by atoms with Crippen molar-refractivity contribution in [3.8, 4) is 0 Å². The number of carboxylic acid groups (broad SMARTS) is 1. The van der Waals surface area contributed by atoms with Crippen LogP contribution in [0.2, 0.25) is 0 Å². The Hall–Kier alpha value is -1.87. The fraction of sp³-hybridized carbons (Fsp3) is 0.750. The number of esters is 1. The molecule has 1 unspecified atom stereocenters. The number of urea groups is 1. The Kier molecular flexibility index (Phi) is 7.48. The number of carbonyl (C=O) groups is 3. The molecule has 0 bridgehead atoms. The highest BCUT2D eigenvalue weighted by Crippen LogP contribution is 2.01. The number of methoxy groups -OCH3 is 1. The fourth-order valence-electron chi connectivity index (χ4n) is 1.69. The summed E-state index contributed by atoms with van der Waals surface area (Å²) < 4.78 is 14.9. The summed E-state index contributed by atoms with van der Waals surface area (Å²) in [5, 5.41) is 13.8. The summed E-state index contributed by atoms with van der Waals surface area (Å²) in [6.07, 6.45) is -0.381. The van der Waals surface area contributed by atoms with Crippen molar-refractivity contribution in [1.82, 2.24) is 10.6 Å². The summed E-state index contributed by atoms with van der Waals surface area (Å²) in [5.41, 5.74) is 0. The molecule has 2 amide bonds. The van der Waals surface area contributed by atoms with Crippen molar-refractivity contribution in [3.63, 3.8) is 0 Å². The van der Waals surface area contributed by atoms with Crippen molar-refractivity contribution < 1.29 is 33.7 Å². The lowest BCUT2D eigenvalue weighted by atomic mass is 10.1. The first kappa shape index (κ1) is 17.2. The van der Waals surface area contributed by atoms with Crippen LogP contribution in [0.4, 0.5) is 4.79 Å². The molecule has 1 aliphatic heterocycles. The molecule has 0 spiro atoms. The molecule has 0 aliphatic carbocycles. The Morgan fingerprint density at radius 2 is 2.14 bits per heavy atom. The smallest absolute Gasteiger partial charge is 0.326 e. The summed E-state index contributed by atoms with van der Waals surface area (Å²) in [5.74, 6) is -1.75. The van der Waals surface area contributed by atoms with Gasteiger partial charge in [-0.1, -0.05) is 0 Å². The van der Waals surface area contributed by atoms with Gasteiger partial charge in [-0.25, -0.2) is 9.59 Å². The molecule has 1 aliphatic rings. The molecule has 9 heteroatoms. The molecule has 0 saturated carbocycles. The molecule has 1 rings (SSSR count). The number of amides is 2. The number of aliphatic carboxylic acids is 1. The second kappa shape index (κ2) is 9.14. The molecule has 0 aromatic carbocycles. The minimum absolute atomic E-state index is 0.0432. The summed E-state index contributed by atoms with van der Waals surface area (Å²) in [7, 11) is 1.21. The second-order valence-electron chi connectivity index (χ2n) is 4.43. The van der Waals surface area contributed by atoms with E-state index in [1.807, 2.05) is 0 Å². The number of carboxylic acids is 1. The highest BCUT2D eigenvalue weighted by molar-refractivity contribution is 5.83. The van der Waals surface area contributed by atoms with Gasteiger partial charge in [-0.2, -0.15) is 0 Å². The van der Waals surface area contributed by atoms with Gasteiger partial charge in [-0.3, -0.25) is 4.79 Å². The van der Waals surface area contributed by atoms with Crippen molar-refractivity contribution in [3.05, 3.63) is 0 Å². The van der Waals surface area contributed by atoms with E-state index in [1.54, 1.807) is 0 Å².